The van der Waals surface area contributed by atoms with E-state index >= 15 is 0 Å². The average molecular weight is 79.7 g/mol. The number of hydrogen-bond acceptors (Lipinski definition) is 0. The van der Waals surface area contributed by atoms with Gasteiger partial charge in [0.15, 0.2) is 0 Å². The Labute approximate surface area is 43.1 Å². The Kier molecular flexibility index (Phi) is 30.4. The van der Waals surface area contributed by atoms with Crippen LogP contribution >= 0.6 is 0 Å². The molecule has 0 fully saturated rings. The minimum atomic E-state index is 0.597. The summed E-state index contributed by atoms with van der Waals surface area (Å²) >= 11 is 0. The first-order chi connectivity index (χ1) is 2.91. The molecule has 0 unspecified atom stereocenters. The minimum absolute atomic E-state index is 0.597. The summed E-state index contributed by atoms with van der Waals surface area (Å²) in [5.74, 6) is 0. The molecule has 32 valence electrons. The number of hydrogen-bond donors (Lipinski definition) is 0. The topological polar surface area (TPSA) is 0 Å². The Bertz CT molecular complexity index is 7.51. The van der Waals surface area contributed by atoms with Crippen molar-refractivity contribution in [1.29, 1.82) is 0 Å². The van der Waals surface area contributed by atoms with Crippen LogP contribution in [0.4, 0.5) is 0 Å². The van der Waals surface area contributed by atoms with Crippen molar-refractivity contribution in [3.05, 3.63) is 0 Å². The average Bonchev–Trinajstić information content (AvgIpc) is 1.72. The van der Waals surface area contributed by atoms with Crippen LogP contribution in [0.5, 0.6) is 0 Å². The first-order valence-electron chi connectivity index (χ1n) is 2.32. The van der Waals surface area contributed by atoms with Crippen LogP contribution in [-0.4, -0.2) is 15.7 Å². The SMILES string of the molecule is CC.[B]CC[B]. The Balaban J connectivity index is 0. The Morgan fingerprint density at radius 3 is 1.17 bits per heavy atom. The van der Waals surface area contributed by atoms with E-state index in [0.29, 0.717) is 12.6 Å². The first-order valence-corrected chi connectivity index (χ1v) is 2.32. The van der Waals surface area contributed by atoms with E-state index in [-0.39, 0.29) is 0 Å². The molecule has 0 aromatic heterocycles. The maximum Gasteiger partial charge on any atom is 0.0643 e. The van der Waals surface area contributed by atoms with Crippen molar-refractivity contribution in [3.63, 3.8) is 0 Å². The Morgan fingerprint density at radius 1 is 1.00 bits per heavy atom. The van der Waals surface area contributed by atoms with Crippen molar-refractivity contribution in [2.24, 2.45) is 0 Å². The van der Waals surface area contributed by atoms with Gasteiger partial charge < -0.3 is 0 Å². The first kappa shape index (κ1) is 9.46. The van der Waals surface area contributed by atoms with E-state index in [2.05, 4.69) is 0 Å². The van der Waals surface area contributed by atoms with Crippen LogP contribution in [0.25, 0.3) is 0 Å². The van der Waals surface area contributed by atoms with Crippen LogP contribution in [0.1, 0.15) is 13.8 Å². The van der Waals surface area contributed by atoms with Crippen LogP contribution in [0, 0.1) is 0 Å². The van der Waals surface area contributed by atoms with Crippen LogP contribution in [0.15, 0.2) is 0 Å². The van der Waals surface area contributed by atoms with Crippen molar-refractivity contribution in [2.45, 2.75) is 26.5 Å². The molecule has 0 rings (SSSR count). The quantitative estimate of drug-likeness (QED) is 0.415. The van der Waals surface area contributed by atoms with E-state index in [9.17, 15) is 0 Å². The zero-order valence-corrected chi connectivity index (χ0v) is 4.57. The third kappa shape index (κ3) is 31.7. The monoisotopic (exact) mass is 80.1 g/mol. The molecule has 0 nitrogen and oxygen atoms in total. The van der Waals surface area contributed by atoms with Crippen molar-refractivity contribution in [2.75, 3.05) is 0 Å². The molecule has 0 bridgehead atoms. The van der Waals surface area contributed by atoms with Gasteiger partial charge in [-0.25, -0.2) is 0 Å². The standard InChI is InChI=1S/C2H4B2.C2H6/c3-1-2-4;1-2/h1-2H2;1-2H3. The Hall–Kier alpha value is 0.130. The second-order valence-corrected chi connectivity index (χ2v) is 0.577. The fourth-order valence-electron chi connectivity index (χ4n) is 0. The highest BCUT2D eigenvalue weighted by Gasteiger charge is 1.57. The van der Waals surface area contributed by atoms with Gasteiger partial charge in [0, 0.05) is 0 Å². The highest BCUT2D eigenvalue weighted by molar-refractivity contribution is 6.16. The van der Waals surface area contributed by atoms with Crippen LogP contribution < -0.4 is 0 Å². The third-order valence-electron chi connectivity index (χ3n) is 0.167. The van der Waals surface area contributed by atoms with E-state index in [1.54, 1.807) is 0 Å². The normalized spacial score (nSPS) is 5.67. The zero-order chi connectivity index (χ0) is 5.41. The van der Waals surface area contributed by atoms with Crippen molar-refractivity contribution in [1.82, 2.24) is 0 Å². The molecule has 0 aliphatic carbocycles. The molecule has 6 heavy (non-hydrogen) atoms. The van der Waals surface area contributed by atoms with Gasteiger partial charge in [0.1, 0.15) is 0 Å². The summed E-state index contributed by atoms with van der Waals surface area (Å²) < 4.78 is 0. The van der Waals surface area contributed by atoms with Gasteiger partial charge in [-0.2, -0.15) is 0 Å². The summed E-state index contributed by atoms with van der Waals surface area (Å²) in [5.41, 5.74) is 0. The summed E-state index contributed by atoms with van der Waals surface area (Å²) in [4.78, 5) is 0. The van der Waals surface area contributed by atoms with Gasteiger partial charge in [-0.15, -0.1) is 0 Å². The molecule has 0 aromatic rings. The van der Waals surface area contributed by atoms with E-state index in [1.807, 2.05) is 13.8 Å². The fraction of sp³-hybridized carbons (Fsp3) is 1.00. The van der Waals surface area contributed by atoms with E-state index in [4.69, 9.17) is 15.7 Å². The molecule has 0 aliphatic heterocycles. The molecule has 0 saturated carbocycles. The highest BCUT2D eigenvalue weighted by atomic mass is 13.4. The highest BCUT2D eigenvalue weighted by Crippen LogP contribution is 1.70. The lowest BCUT2D eigenvalue weighted by molar-refractivity contribution is 1.46. The molecular weight excluding hydrogens is 69.7 g/mol. The van der Waals surface area contributed by atoms with Gasteiger partial charge in [0.05, 0.1) is 15.7 Å². The molecule has 0 saturated heterocycles. The van der Waals surface area contributed by atoms with Crippen LogP contribution in [-0.2, 0) is 0 Å². The minimum Gasteiger partial charge on any atom is -0.0962 e. The molecule has 0 aliphatic rings. The van der Waals surface area contributed by atoms with Gasteiger partial charge in [-0.3, -0.25) is 0 Å². The van der Waals surface area contributed by atoms with E-state index in [1.165, 1.54) is 0 Å². The molecule has 2 heteroatoms. The lowest BCUT2D eigenvalue weighted by atomic mass is 9.91. The molecular formula is C4H10B2. The molecule has 0 heterocycles. The van der Waals surface area contributed by atoms with Crippen LogP contribution in [0.2, 0.25) is 12.6 Å². The van der Waals surface area contributed by atoms with E-state index < -0.39 is 0 Å². The van der Waals surface area contributed by atoms with Gasteiger partial charge in [0.25, 0.3) is 0 Å². The number of rotatable bonds is 1. The molecule has 0 amide bonds. The predicted octanol–water partition coefficient (Wildman–Crippen LogP) is 1.19. The zero-order valence-electron chi connectivity index (χ0n) is 4.57. The predicted molar refractivity (Wildman–Crippen MR) is 32.5 cm³/mol. The van der Waals surface area contributed by atoms with Gasteiger partial charge in [0.2, 0.25) is 0 Å². The maximum atomic E-state index is 4.90. The summed E-state index contributed by atoms with van der Waals surface area (Å²) in [6.45, 7) is 4.00. The maximum absolute atomic E-state index is 4.90. The van der Waals surface area contributed by atoms with Crippen molar-refractivity contribution < 1.29 is 0 Å². The van der Waals surface area contributed by atoms with E-state index in [0.717, 1.165) is 0 Å². The summed E-state index contributed by atoms with van der Waals surface area (Å²) in [5, 5.41) is 0. The summed E-state index contributed by atoms with van der Waals surface area (Å²) in [6.07, 6.45) is 1.19. The molecule has 0 aromatic carbocycles. The lowest BCUT2D eigenvalue weighted by Crippen LogP contribution is -1.60. The van der Waals surface area contributed by atoms with Crippen molar-refractivity contribution in [3.8, 4) is 0 Å². The lowest BCUT2D eigenvalue weighted by Gasteiger charge is -1.67. The van der Waals surface area contributed by atoms with Gasteiger partial charge >= 0.3 is 0 Å². The second kappa shape index (κ2) is 19.3. The largest absolute Gasteiger partial charge is 0.0962 e. The molecule has 0 N–H and O–H groups in total. The summed E-state index contributed by atoms with van der Waals surface area (Å²) in [7, 11) is 9.81. The second-order valence-electron chi connectivity index (χ2n) is 0.577. The smallest absolute Gasteiger partial charge is 0.0643 e. The van der Waals surface area contributed by atoms with Gasteiger partial charge in [-0.1, -0.05) is 26.5 Å². The van der Waals surface area contributed by atoms with Crippen molar-refractivity contribution >= 4 is 15.7 Å². The fourth-order valence-corrected chi connectivity index (χ4v) is 0. The molecule has 0 atom stereocenters. The Morgan fingerprint density at radius 2 is 1.17 bits per heavy atom. The van der Waals surface area contributed by atoms with Gasteiger partial charge in [-0.05, 0) is 0 Å². The van der Waals surface area contributed by atoms with Crippen LogP contribution in [0.3, 0.4) is 0 Å². The summed E-state index contributed by atoms with van der Waals surface area (Å²) in [6, 6.07) is 0. The molecule has 0 spiro atoms. The molecule has 4 radical (unpaired) electrons. The third-order valence-corrected chi connectivity index (χ3v) is 0.167.